The van der Waals surface area contributed by atoms with Gasteiger partial charge >= 0.3 is 0 Å². The number of nitrogens with zero attached hydrogens (tertiary/aromatic N) is 2. The summed E-state index contributed by atoms with van der Waals surface area (Å²) in [5.74, 6) is 0. The Labute approximate surface area is 108 Å². The van der Waals surface area contributed by atoms with Gasteiger partial charge in [-0.15, -0.1) is 0 Å². The maximum atomic E-state index is 5.66. The maximum Gasteiger partial charge on any atom is 0.146 e. The standard InChI is InChI=1S/C12H11IN2O/c13-12(10-4-2-1-3-5-10)8-16-7-11-6-14-9-15(11)12/h1-6,9H,7-8H2. The Balaban J connectivity index is 2.14. The lowest BCUT2D eigenvalue weighted by Gasteiger charge is -2.34. The van der Waals surface area contributed by atoms with E-state index >= 15 is 0 Å². The zero-order valence-corrected chi connectivity index (χ0v) is 10.8. The first-order valence-corrected chi connectivity index (χ1v) is 6.22. The molecule has 0 N–H and O–H groups in total. The van der Waals surface area contributed by atoms with E-state index in [1.807, 2.05) is 18.6 Å². The second kappa shape index (κ2) is 3.85. The van der Waals surface area contributed by atoms with Crippen LogP contribution in [0.3, 0.4) is 0 Å². The smallest absolute Gasteiger partial charge is 0.146 e. The van der Waals surface area contributed by atoms with E-state index in [2.05, 4.69) is 56.4 Å². The SMILES string of the molecule is IC1(c2ccccc2)COCc2cncn21. The van der Waals surface area contributed by atoms with Gasteiger partial charge in [0.15, 0.2) is 0 Å². The Kier molecular flexibility index (Phi) is 2.48. The highest BCUT2D eigenvalue weighted by atomic mass is 127. The summed E-state index contributed by atoms with van der Waals surface area (Å²) in [6.45, 7) is 1.33. The lowest BCUT2D eigenvalue weighted by Crippen LogP contribution is -2.37. The van der Waals surface area contributed by atoms with Crippen LogP contribution in [0.2, 0.25) is 0 Å². The van der Waals surface area contributed by atoms with Gasteiger partial charge < -0.3 is 9.30 Å². The molecular weight excluding hydrogens is 315 g/mol. The summed E-state index contributed by atoms with van der Waals surface area (Å²) in [5.41, 5.74) is 2.37. The van der Waals surface area contributed by atoms with Crippen LogP contribution in [0.4, 0.5) is 0 Å². The molecule has 1 aliphatic rings. The van der Waals surface area contributed by atoms with Crippen molar-refractivity contribution in [1.82, 2.24) is 9.55 Å². The summed E-state index contributed by atoms with van der Waals surface area (Å²) in [6, 6.07) is 10.4. The minimum atomic E-state index is -0.164. The van der Waals surface area contributed by atoms with Crippen molar-refractivity contribution < 1.29 is 4.74 Å². The highest BCUT2D eigenvalue weighted by molar-refractivity contribution is 14.1. The van der Waals surface area contributed by atoms with Crippen molar-refractivity contribution in [1.29, 1.82) is 0 Å². The van der Waals surface area contributed by atoms with E-state index in [0.29, 0.717) is 13.2 Å². The largest absolute Gasteiger partial charge is 0.372 e. The molecule has 0 radical (unpaired) electrons. The molecule has 16 heavy (non-hydrogen) atoms. The molecule has 3 nitrogen and oxygen atoms in total. The molecule has 1 aromatic carbocycles. The van der Waals surface area contributed by atoms with Gasteiger partial charge in [0.1, 0.15) is 3.55 Å². The van der Waals surface area contributed by atoms with Crippen LogP contribution in [-0.4, -0.2) is 16.2 Å². The monoisotopic (exact) mass is 326 g/mol. The van der Waals surface area contributed by atoms with Gasteiger partial charge in [0, 0.05) is 0 Å². The van der Waals surface area contributed by atoms with Crippen molar-refractivity contribution in [2.45, 2.75) is 10.2 Å². The van der Waals surface area contributed by atoms with E-state index in [1.54, 1.807) is 0 Å². The summed E-state index contributed by atoms with van der Waals surface area (Å²) in [5, 5.41) is 0. The third-order valence-corrected chi connectivity index (χ3v) is 4.31. The van der Waals surface area contributed by atoms with Crippen LogP contribution in [0.1, 0.15) is 11.3 Å². The molecule has 0 spiro atoms. The highest BCUT2D eigenvalue weighted by Crippen LogP contribution is 2.37. The first-order valence-electron chi connectivity index (χ1n) is 5.14. The molecular formula is C12H11IN2O. The third-order valence-electron chi connectivity index (χ3n) is 2.86. The number of hydrogen-bond donors (Lipinski definition) is 0. The fraction of sp³-hybridized carbons (Fsp3) is 0.250. The van der Waals surface area contributed by atoms with Crippen LogP contribution >= 0.6 is 22.6 Å². The van der Waals surface area contributed by atoms with E-state index in [1.165, 1.54) is 5.56 Å². The quantitative estimate of drug-likeness (QED) is 0.595. The fourth-order valence-electron chi connectivity index (χ4n) is 2.02. The van der Waals surface area contributed by atoms with Crippen molar-refractivity contribution in [2.75, 3.05) is 6.61 Å². The van der Waals surface area contributed by atoms with Crippen LogP contribution in [-0.2, 0) is 14.9 Å². The summed E-state index contributed by atoms with van der Waals surface area (Å²) in [6.07, 6.45) is 3.76. The van der Waals surface area contributed by atoms with Crippen LogP contribution in [0.25, 0.3) is 0 Å². The van der Waals surface area contributed by atoms with Crippen molar-refractivity contribution in [3.05, 3.63) is 54.1 Å². The Morgan fingerprint density at radius 2 is 2.12 bits per heavy atom. The van der Waals surface area contributed by atoms with Gasteiger partial charge in [-0.25, -0.2) is 4.98 Å². The Hall–Kier alpha value is -0.880. The van der Waals surface area contributed by atoms with E-state index in [4.69, 9.17) is 4.74 Å². The zero-order valence-electron chi connectivity index (χ0n) is 8.64. The van der Waals surface area contributed by atoms with Gasteiger partial charge in [0.2, 0.25) is 0 Å². The number of rotatable bonds is 1. The summed E-state index contributed by atoms with van der Waals surface area (Å²) < 4.78 is 7.69. The molecule has 0 saturated heterocycles. The summed E-state index contributed by atoms with van der Waals surface area (Å²) >= 11 is 2.44. The molecule has 1 aliphatic heterocycles. The number of halogens is 1. The van der Waals surface area contributed by atoms with Crippen LogP contribution < -0.4 is 0 Å². The minimum Gasteiger partial charge on any atom is -0.372 e. The highest BCUT2D eigenvalue weighted by Gasteiger charge is 2.35. The van der Waals surface area contributed by atoms with Crippen LogP contribution in [0.15, 0.2) is 42.9 Å². The van der Waals surface area contributed by atoms with Crippen LogP contribution in [0.5, 0.6) is 0 Å². The van der Waals surface area contributed by atoms with Gasteiger partial charge in [-0.2, -0.15) is 0 Å². The van der Waals surface area contributed by atoms with Gasteiger partial charge in [0.05, 0.1) is 31.4 Å². The van der Waals surface area contributed by atoms with Crippen molar-refractivity contribution in [2.24, 2.45) is 0 Å². The van der Waals surface area contributed by atoms with Gasteiger partial charge in [-0.3, -0.25) is 0 Å². The number of hydrogen-bond acceptors (Lipinski definition) is 2. The normalized spacial score (nSPS) is 24.1. The van der Waals surface area contributed by atoms with Crippen molar-refractivity contribution in [3.63, 3.8) is 0 Å². The zero-order chi connectivity index (χ0) is 11.0. The lowest BCUT2D eigenvalue weighted by molar-refractivity contribution is 0.0636. The Bertz CT molecular complexity index is 497. The topological polar surface area (TPSA) is 27.1 Å². The molecule has 4 heteroatoms. The van der Waals surface area contributed by atoms with E-state index in [9.17, 15) is 0 Å². The van der Waals surface area contributed by atoms with Gasteiger partial charge in [-0.05, 0) is 28.2 Å². The number of imidazole rings is 1. The molecule has 3 rings (SSSR count). The maximum absolute atomic E-state index is 5.66. The number of benzene rings is 1. The molecule has 0 amide bonds. The van der Waals surface area contributed by atoms with E-state index in [-0.39, 0.29) is 3.55 Å². The van der Waals surface area contributed by atoms with Crippen molar-refractivity contribution >= 4 is 22.6 Å². The number of aromatic nitrogens is 2. The molecule has 1 unspecified atom stereocenters. The molecule has 0 bridgehead atoms. The molecule has 1 aromatic heterocycles. The predicted octanol–water partition coefficient (Wildman–Crippen LogP) is 2.55. The second-order valence-corrected chi connectivity index (χ2v) is 5.66. The van der Waals surface area contributed by atoms with E-state index < -0.39 is 0 Å². The molecule has 1 atom stereocenters. The third kappa shape index (κ3) is 1.48. The number of alkyl halides is 1. The first kappa shape index (κ1) is 10.3. The fourth-order valence-corrected chi connectivity index (χ4v) is 3.04. The second-order valence-electron chi connectivity index (χ2n) is 3.87. The number of fused-ring (bicyclic) bond motifs is 1. The Morgan fingerprint density at radius 1 is 1.31 bits per heavy atom. The van der Waals surface area contributed by atoms with Crippen molar-refractivity contribution in [3.8, 4) is 0 Å². The molecule has 2 heterocycles. The summed E-state index contributed by atoms with van der Waals surface area (Å²) in [4.78, 5) is 4.20. The molecule has 0 fully saturated rings. The minimum absolute atomic E-state index is 0.164. The molecule has 0 aliphatic carbocycles. The first-order chi connectivity index (χ1) is 7.81. The van der Waals surface area contributed by atoms with Gasteiger partial charge in [-0.1, -0.05) is 30.3 Å². The van der Waals surface area contributed by atoms with Gasteiger partial charge in [0.25, 0.3) is 0 Å². The molecule has 82 valence electrons. The van der Waals surface area contributed by atoms with Crippen LogP contribution in [0, 0.1) is 0 Å². The average Bonchev–Trinajstić information content (AvgIpc) is 2.80. The lowest BCUT2D eigenvalue weighted by atomic mass is 10.1. The number of ether oxygens (including phenoxy) is 1. The molecule has 2 aromatic rings. The predicted molar refractivity (Wildman–Crippen MR) is 69.4 cm³/mol. The summed E-state index contributed by atoms with van der Waals surface area (Å²) in [7, 11) is 0. The Morgan fingerprint density at radius 3 is 2.94 bits per heavy atom. The van der Waals surface area contributed by atoms with E-state index in [0.717, 1.165) is 5.69 Å². The molecule has 0 saturated carbocycles. The average molecular weight is 326 g/mol.